The Labute approximate surface area is 154 Å². The van der Waals surface area contributed by atoms with Crippen molar-refractivity contribution in [1.82, 2.24) is 0 Å². The lowest BCUT2D eigenvalue weighted by molar-refractivity contribution is -0.135. The third-order valence-electron chi connectivity index (χ3n) is 5.04. The number of esters is 1. The predicted octanol–water partition coefficient (Wildman–Crippen LogP) is 5.30. The number of hydrogen-bond donors (Lipinski definition) is 0. The Morgan fingerprint density at radius 2 is 1.31 bits per heavy atom. The van der Waals surface area contributed by atoms with Crippen molar-refractivity contribution in [3.05, 3.63) is 101 Å². The van der Waals surface area contributed by atoms with E-state index in [9.17, 15) is 4.79 Å². The lowest BCUT2D eigenvalue weighted by Gasteiger charge is -2.19. The van der Waals surface area contributed by atoms with Crippen molar-refractivity contribution >= 4 is 5.97 Å². The summed E-state index contributed by atoms with van der Waals surface area (Å²) in [7, 11) is 0. The van der Waals surface area contributed by atoms with Crippen molar-refractivity contribution in [2.45, 2.75) is 31.6 Å². The predicted molar refractivity (Wildman–Crippen MR) is 103 cm³/mol. The average Bonchev–Trinajstić information content (AvgIpc) is 2.70. The second-order valence-corrected chi connectivity index (χ2v) is 6.81. The van der Waals surface area contributed by atoms with Gasteiger partial charge >= 0.3 is 5.97 Å². The van der Waals surface area contributed by atoms with Crippen LogP contribution in [0.15, 0.2) is 78.9 Å². The van der Waals surface area contributed by atoms with Crippen molar-refractivity contribution < 1.29 is 9.53 Å². The molecule has 0 saturated heterocycles. The van der Waals surface area contributed by atoms with E-state index in [1.165, 1.54) is 24.0 Å². The summed E-state index contributed by atoms with van der Waals surface area (Å²) in [4.78, 5) is 13.1. The minimum Gasteiger partial charge on any atom is -0.426 e. The molecule has 0 radical (unpaired) electrons. The van der Waals surface area contributed by atoms with Gasteiger partial charge in [-0.1, -0.05) is 66.7 Å². The van der Waals surface area contributed by atoms with Gasteiger partial charge in [-0.05, 0) is 60.1 Å². The molecule has 0 N–H and O–H groups in total. The Morgan fingerprint density at radius 1 is 0.731 bits per heavy atom. The van der Waals surface area contributed by atoms with Gasteiger partial charge in [-0.3, -0.25) is 4.79 Å². The fourth-order valence-corrected chi connectivity index (χ4v) is 3.70. The number of rotatable bonds is 4. The number of benzene rings is 3. The molecule has 0 heterocycles. The van der Waals surface area contributed by atoms with Crippen LogP contribution in [0.25, 0.3) is 0 Å². The maximum atomic E-state index is 13.1. The first-order valence-electron chi connectivity index (χ1n) is 9.24. The molecule has 0 unspecified atom stereocenters. The summed E-state index contributed by atoms with van der Waals surface area (Å²) in [6, 6.07) is 25.7. The van der Waals surface area contributed by atoms with Crippen LogP contribution in [-0.4, -0.2) is 5.97 Å². The van der Waals surface area contributed by atoms with Crippen LogP contribution in [0.4, 0.5) is 0 Å². The van der Waals surface area contributed by atoms with E-state index in [1.807, 2.05) is 72.8 Å². The molecule has 130 valence electrons. The molecule has 0 aliphatic heterocycles. The largest absolute Gasteiger partial charge is 0.426 e. The summed E-state index contributed by atoms with van der Waals surface area (Å²) >= 11 is 0. The van der Waals surface area contributed by atoms with Crippen LogP contribution in [-0.2, 0) is 17.6 Å². The number of fused-ring (bicyclic) bond motifs is 1. The van der Waals surface area contributed by atoms with E-state index in [2.05, 4.69) is 6.07 Å². The van der Waals surface area contributed by atoms with Crippen LogP contribution in [0.5, 0.6) is 5.75 Å². The smallest absolute Gasteiger partial charge is 0.323 e. The molecule has 0 spiro atoms. The molecule has 3 aromatic carbocycles. The van der Waals surface area contributed by atoms with Crippen LogP contribution in [0.2, 0.25) is 0 Å². The summed E-state index contributed by atoms with van der Waals surface area (Å²) in [5.41, 5.74) is 4.60. The van der Waals surface area contributed by atoms with Gasteiger partial charge < -0.3 is 4.74 Å². The van der Waals surface area contributed by atoms with Crippen molar-refractivity contribution in [3.63, 3.8) is 0 Å². The maximum Gasteiger partial charge on any atom is 0.323 e. The molecule has 2 nitrogen and oxygen atoms in total. The normalized spacial score (nSPS) is 13.3. The number of aryl methyl sites for hydroxylation is 2. The highest BCUT2D eigenvalue weighted by atomic mass is 16.5. The topological polar surface area (TPSA) is 26.3 Å². The van der Waals surface area contributed by atoms with Gasteiger partial charge in [-0.15, -0.1) is 0 Å². The van der Waals surface area contributed by atoms with Gasteiger partial charge in [-0.25, -0.2) is 0 Å². The second kappa shape index (κ2) is 7.57. The monoisotopic (exact) mass is 342 g/mol. The zero-order chi connectivity index (χ0) is 17.8. The summed E-state index contributed by atoms with van der Waals surface area (Å²) in [5.74, 6) is -0.0147. The van der Waals surface area contributed by atoms with Crippen LogP contribution in [0.3, 0.4) is 0 Å². The first kappa shape index (κ1) is 16.6. The van der Waals surface area contributed by atoms with Gasteiger partial charge in [-0.2, -0.15) is 0 Å². The van der Waals surface area contributed by atoms with Crippen molar-refractivity contribution in [2.75, 3.05) is 0 Å². The first-order valence-corrected chi connectivity index (χ1v) is 9.24. The average molecular weight is 342 g/mol. The van der Waals surface area contributed by atoms with Crippen LogP contribution in [0.1, 0.15) is 41.0 Å². The Balaban J connectivity index is 1.63. The van der Waals surface area contributed by atoms with Gasteiger partial charge in [0, 0.05) is 0 Å². The Hall–Kier alpha value is -2.87. The third kappa shape index (κ3) is 3.55. The fourth-order valence-electron chi connectivity index (χ4n) is 3.70. The minimum atomic E-state index is -0.423. The molecule has 26 heavy (non-hydrogen) atoms. The van der Waals surface area contributed by atoms with E-state index in [0.717, 1.165) is 24.0 Å². The molecular weight excluding hydrogens is 320 g/mol. The van der Waals surface area contributed by atoms with E-state index >= 15 is 0 Å². The highest BCUT2D eigenvalue weighted by Gasteiger charge is 2.25. The SMILES string of the molecule is O=C(Oc1ccc2c(c1)CCCC2)C(c1ccccc1)c1ccccc1. The highest BCUT2D eigenvalue weighted by molar-refractivity contribution is 5.84. The molecular formula is C24H22O2. The second-order valence-electron chi connectivity index (χ2n) is 6.81. The molecule has 0 atom stereocenters. The molecule has 3 aromatic rings. The highest BCUT2D eigenvalue weighted by Crippen LogP contribution is 2.29. The summed E-state index contributed by atoms with van der Waals surface area (Å²) in [6.07, 6.45) is 4.65. The minimum absolute atomic E-state index is 0.238. The van der Waals surface area contributed by atoms with Gasteiger partial charge in [0.2, 0.25) is 0 Å². The maximum absolute atomic E-state index is 13.1. The fraction of sp³-hybridized carbons (Fsp3) is 0.208. The Morgan fingerprint density at radius 3 is 1.92 bits per heavy atom. The lowest BCUT2D eigenvalue weighted by Crippen LogP contribution is -2.20. The van der Waals surface area contributed by atoms with E-state index in [-0.39, 0.29) is 5.97 Å². The molecule has 4 rings (SSSR count). The molecule has 0 aromatic heterocycles. The first-order chi connectivity index (χ1) is 12.8. The Kier molecular flexibility index (Phi) is 4.83. The molecule has 0 fully saturated rings. The summed E-state index contributed by atoms with van der Waals surface area (Å²) in [5, 5.41) is 0. The Bertz CT molecular complexity index is 845. The number of carbonyl (C=O) groups excluding carboxylic acids is 1. The molecule has 2 heteroatoms. The lowest BCUT2D eigenvalue weighted by atomic mass is 9.91. The zero-order valence-corrected chi connectivity index (χ0v) is 14.7. The molecule has 0 bridgehead atoms. The quantitative estimate of drug-likeness (QED) is 0.475. The molecule has 1 aliphatic rings. The van der Waals surface area contributed by atoms with Gasteiger partial charge in [0.15, 0.2) is 0 Å². The summed E-state index contributed by atoms with van der Waals surface area (Å²) < 4.78 is 5.81. The number of hydrogen-bond acceptors (Lipinski definition) is 2. The molecule has 0 saturated carbocycles. The van der Waals surface area contributed by atoms with Crippen molar-refractivity contribution in [2.24, 2.45) is 0 Å². The van der Waals surface area contributed by atoms with Gasteiger partial charge in [0.25, 0.3) is 0 Å². The van der Waals surface area contributed by atoms with Crippen molar-refractivity contribution in [3.8, 4) is 5.75 Å². The van der Waals surface area contributed by atoms with Crippen molar-refractivity contribution in [1.29, 1.82) is 0 Å². The third-order valence-corrected chi connectivity index (χ3v) is 5.04. The van der Waals surface area contributed by atoms with E-state index in [1.54, 1.807) is 0 Å². The van der Waals surface area contributed by atoms with Crippen LogP contribution in [0, 0.1) is 0 Å². The number of carbonyl (C=O) groups is 1. The van der Waals surface area contributed by atoms with Gasteiger partial charge in [0.1, 0.15) is 11.7 Å². The summed E-state index contributed by atoms with van der Waals surface area (Å²) in [6.45, 7) is 0. The number of ether oxygens (including phenoxy) is 1. The van der Waals surface area contributed by atoms with Gasteiger partial charge in [0.05, 0.1) is 0 Å². The zero-order valence-electron chi connectivity index (χ0n) is 14.7. The van der Waals surface area contributed by atoms with E-state index in [4.69, 9.17) is 4.74 Å². The van der Waals surface area contributed by atoms with E-state index in [0.29, 0.717) is 5.75 Å². The molecule has 1 aliphatic carbocycles. The van der Waals surface area contributed by atoms with Crippen LogP contribution >= 0.6 is 0 Å². The van der Waals surface area contributed by atoms with Crippen LogP contribution < -0.4 is 4.74 Å². The molecule has 0 amide bonds. The van der Waals surface area contributed by atoms with E-state index < -0.39 is 5.92 Å². The standard InChI is InChI=1S/C24H22O2/c25-24(26-22-16-15-18-9-7-8-14-21(18)17-22)23(19-10-3-1-4-11-19)20-12-5-2-6-13-20/h1-6,10-13,15-17,23H,7-9,14H2.